The lowest BCUT2D eigenvalue weighted by Gasteiger charge is -2.42. The van der Waals surface area contributed by atoms with Gasteiger partial charge in [-0.05, 0) is 53.4 Å². The number of nitrogens with one attached hydrogen (secondary N) is 1. The number of hydrogen-bond donors (Lipinski definition) is 1. The number of aromatic nitrogens is 1. The first-order valence-corrected chi connectivity index (χ1v) is 11.0. The fourth-order valence-corrected chi connectivity index (χ4v) is 6.23. The Hall–Kier alpha value is -1.42. The van der Waals surface area contributed by atoms with Crippen LogP contribution in [0, 0.1) is 11.6 Å². The summed E-state index contributed by atoms with van der Waals surface area (Å²) in [6.07, 6.45) is 2.62. The first-order chi connectivity index (χ1) is 12.3. The Kier molecular flexibility index (Phi) is 4.37. The van der Waals surface area contributed by atoms with Crippen LogP contribution in [0.15, 0.2) is 45.2 Å². The van der Waals surface area contributed by atoms with E-state index in [-0.39, 0.29) is 10.5 Å². The number of rotatable bonds is 4. The largest absolute Gasteiger partial charge is 0.253 e. The second-order valence-electron chi connectivity index (χ2n) is 6.24. The van der Waals surface area contributed by atoms with Gasteiger partial charge in [-0.15, -0.1) is 11.3 Å². The third-order valence-electron chi connectivity index (χ3n) is 4.63. The molecule has 2 aromatic heterocycles. The highest BCUT2D eigenvalue weighted by atomic mass is 79.9. The average Bonchev–Trinajstić information content (AvgIpc) is 2.93. The molecule has 1 aliphatic carbocycles. The number of pyridine rings is 1. The van der Waals surface area contributed by atoms with E-state index in [2.05, 4.69) is 25.6 Å². The maximum atomic E-state index is 14.3. The molecule has 9 heteroatoms. The van der Waals surface area contributed by atoms with Crippen molar-refractivity contribution in [3.63, 3.8) is 0 Å². The average molecular weight is 459 g/mol. The van der Waals surface area contributed by atoms with Gasteiger partial charge in [0.25, 0.3) is 0 Å². The van der Waals surface area contributed by atoms with Crippen LogP contribution in [-0.4, -0.2) is 13.4 Å². The minimum Gasteiger partial charge on any atom is -0.253 e. The molecule has 136 valence electrons. The number of hydrogen-bond acceptors (Lipinski definition) is 4. The van der Waals surface area contributed by atoms with Crippen molar-refractivity contribution in [2.45, 2.75) is 29.7 Å². The van der Waals surface area contributed by atoms with E-state index < -0.39 is 27.2 Å². The second-order valence-corrected chi connectivity index (χ2v) is 9.69. The fraction of sp³-hybridized carbons (Fsp3) is 0.235. The van der Waals surface area contributed by atoms with Crippen molar-refractivity contribution in [1.82, 2.24) is 9.71 Å². The SMILES string of the molecule is O=S(=O)(NC1(c2c(F)cccc2F)CCC1)c1cnc2c(Br)csc2c1. The summed E-state index contributed by atoms with van der Waals surface area (Å²) in [6.45, 7) is 0. The zero-order chi connectivity index (χ0) is 18.5. The minimum absolute atomic E-state index is 0.0256. The summed E-state index contributed by atoms with van der Waals surface area (Å²) in [6, 6.07) is 5.07. The van der Waals surface area contributed by atoms with Crippen molar-refractivity contribution >= 4 is 47.5 Å². The molecule has 26 heavy (non-hydrogen) atoms. The number of fused-ring (bicyclic) bond motifs is 1. The highest BCUT2D eigenvalue weighted by Gasteiger charge is 2.45. The molecule has 1 aliphatic rings. The van der Waals surface area contributed by atoms with Crippen molar-refractivity contribution in [2.75, 3.05) is 0 Å². The van der Waals surface area contributed by atoms with Crippen LogP contribution < -0.4 is 4.72 Å². The van der Waals surface area contributed by atoms with E-state index in [9.17, 15) is 17.2 Å². The van der Waals surface area contributed by atoms with E-state index >= 15 is 0 Å². The van der Waals surface area contributed by atoms with E-state index in [1.807, 2.05) is 5.38 Å². The van der Waals surface area contributed by atoms with Crippen molar-refractivity contribution < 1.29 is 17.2 Å². The van der Waals surface area contributed by atoms with Gasteiger partial charge in [0, 0.05) is 17.1 Å². The van der Waals surface area contributed by atoms with Gasteiger partial charge in [0.2, 0.25) is 10.0 Å². The van der Waals surface area contributed by atoms with Crippen molar-refractivity contribution in [2.24, 2.45) is 0 Å². The Morgan fingerprint density at radius 2 is 1.92 bits per heavy atom. The van der Waals surface area contributed by atoms with Crippen molar-refractivity contribution in [3.8, 4) is 0 Å². The molecule has 4 rings (SSSR count). The summed E-state index contributed by atoms with van der Waals surface area (Å²) >= 11 is 4.72. The first kappa shape index (κ1) is 18.0. The van der Waals surface area contributed by atoms with E-state index in [1.54, 1.807) is 0 Å². The van der Waals surface area contributed by atoms with Gasteiger partial charge < -0.3 is 0 Å². The molecule has 0 saturated heterocycles. The van der Waals surface area contributed by atoms with Gasteiger partial charge >= 0.3 is 0 Å². The molecule has 0 aliphatic heterocycles. The van der Waals surface area contributed by atoms with Gasteiger partial charge in [-0.3, -0.25) is 4.98 Å². The lowest BCUT2D eigenvalue weighted by Crippen LogP contribution is -2.51. The zero-order valence-electron chi connectivity index (χ0n) is 13.3. The van der Waals surface area contributed by atoms with Gasteiger partial charge in [0.15, 0.2) is 0 Å². The van der Waals surface area contributed by atoms with E-state index in [0.29, 0.717) is 29.5 Å². The lowest BCUT2D eigenvalue weighted by atomic mass is 9.72. The smallest absolute Gasteiger partial charge is 0.242 e. The second kappa shape index (κ2) is 6.33. The van der Waals surface area contributed by atoms with Crippen LogP contribution in [-0.2, 0) is 15.6 Å². The molecular formula is C17H13BrF2N2O2S2. The molecule has 0 bridgehead atoms. The normalized spacial score (nSPS) is 16.6. The van der Waals surface area contributed by atoms with Crippen LogP contribution in [0.2, 0.25) is 0 Å². The van der Waals surface area contributed by atoms with Gasteiger partial charge in [-0.25, -0.2) is 21.9 Å². The molecule has 4 nitrogen and oxygen atoms in total. The summed E-state index contributed by atoms with van der Waals surface area (Å²) in [4.78, 5) is 4.16. The predicted molar refractivity (Wildman–Crippen MR) is 99.5 cm³/mol. The standard InChI is InChI=1S/C17H13BrF2N2O2S2/c18-11-9-25-14-7-10(8-21-16(11)14)26(23,24)22-17(5-2-6-17)15-12(19)3-1-4-13(15)20/h1,3-4,7-9,22H,2,5-6H2. The van der Waals surface area contributed by atoms with E-state index in [0.717, 1.165) is 16.6 Å². The highest BCUT2D eigenvalue weighted by Crippen LogP contribution is 2.44. The monoisotopic (exact) mass is 458 g/mol. The lowest BCUT2D eigenvalue weighted by molar-refractivity contribution is 0.209. The van der Waals surface area contributed by atoms with Crippen LogP contribution in [0.25, 0.3) is 10.2 Å². The molecular weight excluding hydrogens is 446 g/mol. The third-order valence-corrected chi connectivity index (χ3v) is 7.96. The van der Waals surface area contributed by atoms with E-state index in [4.69, 9.17) is 0 Å². The molecule has 3 aromatic rings. The Morgan fingerprint density at radius 1 is 1.23 bits per heavy atom. The van der Waals surface area contributed by atoms with Crippen LogP contribution in [0.5, 0.6) is 0 Å². The molecule has 0 unspecified atom stereocenters. The number of sulfonamides is 1. The zero-order valence-corrected chi connectivity index (χ0v) is 16.5. The minimum atomic E-state index is -4.00. The summed E-state index contributed by atoms with van der Waals surface area (Å²) in [5.74, 6) is -1.49. The van der Waals surface area contributed by atoms with Crippen molar-refractivity contribution in [3.05, 3.63) is 57.5 Å². The maximum Gasteiger partial charge on any atom is 0.242 e. The number of halogens is 3. The summed E-state index contributed by atoms with van der Waals surface area (Å²) in [5.41, 5.74) is -0.811. The molecule has 1 aromatic carbocycles. The topological polar surface area (TPSA) is 59.1 Å². The summed E-state index contributed by atoms with van der Waals surface area (Å²) in [5, 5.41) is 1.82. The van der Waals surface area contributed by atoms with Gasteiger partial charge in [0.1, 0.15) is 16.5 Å². The molecule has 1 saturated carbocycles. The molecule has 0 atom stereocenters. The van der Waals surface area contributed by atoms with Gasteiger partial charge in [0.05, 0.1) is 20.2 Å². The predicted octanol–water partition coefficient (Wildman–Crippen LogP) is 4.69. The van der Waals surface area contributed by atoms with Crippen LogP contribution in [0.4, 0.5) is 8.78 Å². The Balaban J connectivity index is 1.75. The van der Waals surface area contributed by atoms with Crippen LogP contribution in [0.1, 0.15) is 24.8 Å². The van der Waals surface area contributed by atoms with Crippen LogP contribution in [0.3, 0.4) is 0 Å². The van der Waals surface area contributed by atoms with Crippen molar-refractivity contribution in [1.29, 1.82) is 0 Å². The highest BCUT2D eigenvalue weighted by molar-refractivity contribution is 9.10. The molecule has 2 heterocycles. The van der Waals surface area contributed by atoms with Crippen LogP contribution >= 0.6 is 27.3 Å². The van der Waals surface area contributed by atoms with E-state index in [1.165, 1.54) is 29.7 Å². The maximum absolute atomic E-state index is 14.3. The summed E-state index contributed by atoms with van der Waals surface area (Å²) in [7, 11) is -4.00. The first-order valence-electron chi connectivity index (χ1n) is 7.84. The Morgan fingerprint density at radius 3 is 2.54 bits per heavy atom. The number of nitrogens with zero attached hydrogens (tertiary/aromatic N) is 1. The molecule has 1 fully saturated rings. The molecule has 0 radical (unpaired) electrons. The molecule has 0 amide bonds. The molecule has 0 spiro atoms. The Labute approximate surface area is 161 Å². The summed E-state index contributed by atoms with van der Waals surface area (Å²) < 4.78 is 58.3. The van der Waals surface area contributed by atoms with Gasteiger partial charge in [-0.1, -0.05) is 6.07 Å². The number of benzene rings is 1. The fourth-order valence-electron chi connectivity index (χ4n) is 3.22. The quantitative estimate of drug-likeness (QED) is 0.616. The van der Waals surface area contributed by atoms with Gasteiger partial charge in [-0.2, -0.15) is 0 Å². The Bertz CT molecular complexity index is 1090. The third kappa shape index (κ3) is 2.87. The number of thiophene rings is 1. The molecule has 1 N–H and O–H groups in total.